The van der Waals surface area contributed by atoms with E-state index in [4.69, 9.17) is 5.73 Å². The van der Waals surface area contributed by atoms with Gasteiger partial charge < -0.3 is 16.4 Å². The number of nitrogens with one attached hydrogen (secondary N) is 2. The summed E-state index contributed by atoms with van der Waals surface area (Å²) in [5.41, 5.74) is 10.2. The molecule has 0 unspecified atom stereocenters. The van der Waals surface area contributed by atoms with Gasteiger partial charge in [0.1, 0.15) is 0 Å². The zero-order chi connectivity index (χ0) is 15.0. The van der Waals surface area contributed by atoms with Crippen molar-refractivity contribution in [2.45, 2.75) is 13.3 Å². The Morgan fingerprint density at radius 2 is 1.90 bits per heavy atom. The Balaban J connectivity index is 1.84. The molecule has 21 heavy (non-hydrogen) atoms. The molecule has 0 radical (unpaired) electrons. The third kappa shape index (κ3) is 2.58. The number of aryl methyl sites for hydroxylation is 1. The third-order valence-corrected chi connectivity index (χ3v) is 3.52. The topological polar surface area (TPSA) is 84.2 Å². The van der Waals surface area contributed by atoms with E-state index < -0.39 is 5.91 Å². The predicted molar refractivity (Wildman–Crippen MR) is 81.8 cm³/mol. The summed E-state index contributed by atoms with van der Waals surface area (Å²) in [7, 11) is 0. The van der Waals surface area contributed by atoms with Gasteiger partial charge in [0.05, 0.1) is 6.42 Å². The van der Waals surface area contributed by atoms with Crippen molar-refractivity contribution in [1.29, 1.82) is 0 Å². The number of hydrogen-bond donors (Lipinski definition) is 3. The van der Waals surface area contributed by atoms with Crippen molar-refractivity contribution in [3.63, 3.8) is 0 Å². The molecule has 0 fully saturated rings. The minimum Gasteiger partial charge on any atom is -0.366 e. The number of fused-ring (bicyclic) bond motifs is 1. The summed E-state index contributed by atoms with van der Waals surface area (Å²) >= 11 is 0. The molecule has 5 nitrogen and oxygen atoms in total. The number of carbonyl (C=O) groups excluding carboxylic acids is 2. The highest BCUT2D eigenvalue weighted by molar-refractivity contribution is 6.00. The summed E-state index contributed by atoms with van der Waals surface area (Å²) in [4.78, 5) is 22.6. The van der Waals surface area contributed by atoms with Crippen LogP contribution in [0.2, 0.25) is 0 Å². The van der Waals surface area contributed by atoms with E-state index in [9.17, 15) is 9.59 Å². The van der Waals surface area contributed by atoms with Crippen molar-refractivity contribution in [3.05, 3.63) is 53.1 Å². The Labute approximate surface area is 122 Å². The molecular formula is C16H15N3O2. The van der Waals surface area contributed by atoms with Crippen LogP contribution in [0.15, 0.2) is 36.4 Å². The first-order chi connectivity index (χ1) is 10.0. The van der Waals surface area contributed by atoms with Crippen molar-refractivity contribution in [1.82, 2.24) is 0 Å². The van der Waals surface area contributed by atoms with Gasteiger partial charge in [0, 0.05) is 22.6 Å². The summed E-state index contributed by atoms with van der Waals surface area (Å²) in [5.74, 6) is -0.414. The maximum atomic E-state index is 11.3. The van der Waals surface area contributed by atoms with Crippen molar-refractivity contribution in [2.75, 3.05) is 10.6 Å². The minimum absolute atomic E-state index is 0.0174. The van der Waals surface area contributed by atoms with Gasteiger partial charge >= 0.3 is 0 Å². The van der Waals surface area contributed by atoms with Gasteiger partial charge in [0.2, 0.25) is 11.8 Å². The van der Waals surface area contributed by atoms with Crippen molar-refractivity contribution >= 4 is 28.9 Å². The molecule has 0 spiro atoms. The highest BCUT2D eigenvalue weighted by Crippen LogP contribution is 2.28. The summed E-state index contributed by atoms with van der Waals surface area (Å²) in [6.45, 7) is 1.84. The summed E-state index contributed by atoms with van der Waals surface area (Å²) in [6.07, 6.45) is 0.433. The van der Waals surface area contributed by atoms with Crippen molar-refractivity contribution < 1.29 is 9.59 Å². The minimum atomic E-state index is -0.431. The van der Waals surface area contributed by atoms with Crippen LogP contribution in [0.1, 0.15) is 21.5 Å². The van der Waals surface area contributed by atoms with Crippen LogP contribution in [-0.4, -0.2) is 11.8 Å². The smallest absolute Gasteiger partial charge is 0.248 e. The highest BCUT2D eigenvalue weighted by Gasteiger charge is 2.17. The molecular weight excluding hydrogens is 266 g/mol. The zero-order valence-electron chi connectivity index (χ0n) is 11.6. The van der Waals surface area contributed by atoms with Gasteiger partial charge in [-0.05, 0) is 48.4 Å². The van der Waals surface area contributed by atoms with Crippen LogP contribution in [0, 0.1) is 6.92 Å². The second-order valence-electron chi connectivity index (χ2n) is 5.12. The Kier molecular flexibility index (Phi) is 3.10. The van der Waals surface area contributed by atoms with Gasteiger partial charge in [-0.2, -0.15) is 0 Å². The Bertz CT molecular complexity index is 753. The van der Waals surface area contributed by atoms with Crippen LogP contribution >= 0.6 is 0 Å². The maximum absolute atomic E-state index is 11.3. The summed E-state index contributed by atoms with van der Waals surface area (Å²) < 4.78 is 0. The van der Waals surface area contributed by atoms with Crippen LogP contribution in [0.4, 0.5) is 17.1 Å². The monoisotopic (exact) mass is 281 g/mol. The molecule has 106 valence electrons. The van der Waals surface area contributed by atoms with E-state index in [1.54, 1.807) is 12.1 Å². The standard InChI is InChI=1S/C16H15N3O2/c1-9-6-11(4-5-13(9)16(17)21)18-12-3-2-10-7-15(20)19-14(10)8-12/h2-6,8,18H,7H2,1H3,(H2,17,21)(H,19,20). The highest BCUT2D eigenvalue weighted by atomic mass is 16.2. The van der Waals surface area contributed by atoms with E-state index >= 15 is 0 Å². The van der Waals surface area contributed by atoms with E-state index in [-0.39, 0.29) is 5.91 Å². The molecule has 1 aliphatic rings. The Morgan fingerprint density at radius 3 is 2.62 bits per heavy atom. The van der Waals surface area contributed by atoms with Gasteiger partial charge in [-0.1, -0.05) is 6.07 Å². The lowest BCUT2D eigenvalue weighted by molar-refractivity contribution is -0.115. The number of hydrogen-bond acceptors (Lipinski definition) is 3. The van der Waals surface area contributed by atoms with Crippen LogP contribution in [-0.2, 0) is 11.2 Å². The largest absolute Gasteiger partial charge is 0.366 e. The van der Waals surface area contributed by atoms with Gasteiger partial charge in [-0.3, -0.25) is 9.59 Å². The fourth-order valence-electron chi connectivity index (χ4n) is 2.48. The fraction of sp³-hybridized carbons (Fsp3) is 0.125. The molecule has 0 bridgehead atoms. The van der Waals surface area contributed by atoms with Gasteiger partial charge in [-0.25, -0.2) is 0 Å². The number of carbonyl (C=O) groups is 2. The summed E-state index contributed by atoms with van der Waals surface area (Å²) in [5, 5.41) is 6.07. The molecule has 2 aromatic rings. The molecule has 2 aromatic carbocycles. The molecule has 0 atom stereocenters. The molecule has 0 saturated heterocycles. The number of primary amides is 1. The van der Waals surface area contributed by atoms with Gasteiger partial charge in [0.25, 0.3) is 0 Å². The number of rotatable bonds is 3. The lowest BCUT2D eigenvalue weighted by Gasteiger charge is -2.10. The van der Waals surface area contributed by atoms with Gasteiger partial charge in [-0.15, -0.1) is 0 Å². The van der Waals surface area contributed by atoms with E-state index in [1.165, 1.54) is 0 Å². The first-order valence-electron chi connectivity index (χ1n) is 6.63. The van der Waals surface area contributed by atoms with E-state index in [1.807, 2.05) is 31.2 Å². The number of nitrogens with two attached hydrogens (primary N) is 1. The maximum Gasteiger partial charge on any atom is 0.248 e. The average Bonchev–Trinajstić information content (AvgIpc) is 2.77. The first-order valence-corrected chi connectivity index (χ1v) is 6.63. The molecule has 0 saturated carbocycles. The molecule has 1 aliphatic heterocycles. The molecule has 3 rings (SSSR count). The van der Waals surface area contributed by atoms with Crippen LogP contribution < -0.4 is 16.4 Å². The molecule has 0 aliphatic carbocycles. The van der Waals surface area contributed by atoms with Gasteiger partial charge in [0.15, 0.2) is 0 Å². The van der Waals surface area contributed by atoms with Crippen LogP contribution in [0.5, 0.6) is 0 Å². The van der Waals surface area contributed by atoms with E-state index in [0.717, 1.165) is 28.2 Å². The SMILES string of the molecule is Cc1cc(Nc2ccc3c(c2)NC(=O)C3)ccc1C(N)=O. The third-order valence-electron chi connectivity index (χ3n) is 3.52. The van der Waals surface area contributed by atoms with E-state index in [2.05, 4.69) is 10.6 Å². The molecule has 1 heterocycles. The molecule has 0 aromatic heterocycles. The predicted octanol–water partition coefficient (Wildman–Crippen LogP) is 2.33. The van der Waals surface area contributed by atoms with Crippen molar-refractivity contribution in [2.24, 2.45) is 5.73 Å². The molecule has 2 amide bonds. The quantitative estimate of drug-likeness (QED) is 0.807. The van der Waals surface area contributed by atoms with Crippen LogP contribution in [0.25, 0.3) is 0 Å². The van der Waals surface area contributed by atoms with E-state index in [0.29, 0.717) is 12.0 Å². The second kappa shape index (κ2) is 4.94. The summed E-state index contributed by atoms with van der Waals surface area (Å²) in [6, 6.07) is 11.1. The molecule has 5 heteroatoms. The lowest BCUT2D eigenvalue weighted by Crippen LogP contribution is -2.12. The lowest BCUT2D eigenvalue weighted by atomic mass is 10.1. The molecule has 4 N–H and O–H groups in total. The fourth-order valence-corrected chi connectivity index (χ4v) is 2.48. The Hall–Kier alpha value is -2.82. The number of amides is 2. The normalized spacial score (nSPS) is 12.7. The number of benzene rings is 2. The van der Waals surface area contributed by atoms with Crippen LogP contribution in [0.3, 0.4) is 0 Å². The van der Waals surface area contributed by atoms with Crippen molar-refractivity contribution in [3.8, 4) is 0 Å². The zero-order valence-corrected chi connectivity index (χ0v) is 11.6. The second-order valence-corrected chi connectivity index (χ2v) is 5.12. The first kappa shape index (κ1) is 13.2. The Morgan fingerprint density at radius 1 is 1.19 bits per heavy atom. The number of anilines is 3. The average molecular weight is 281 g/mol.